The number of anilines is 1. The van der Waals surface area contributed by atoms with E-state index >= 15 is 0 Å². The number of hydrogen-bond donors (Lipinski definition) is 2. The fourth-order valence-corrected chi connectivity index (χ4v) is 4.69. The van der Waals surface area contributed by atoms with E-state index in [-0.39, 0.29) is 23.9 Å². The highest BCUT2D eigenvalue weighted by Crippen LogP contribution is 2.30. The van der Waals surface area contributed by atoms with Gasteiger partial charge in [0.15, 0.2) is 0 Å². The predicted molar refractivity (Wildman–Crippen MR) is 98.1 cm³/mol. The number of nitrogens with zero attached hydrogens (tertiary/aromatic N) is 3. The summed E-state index contributed by atoms with van der Waals surface area (Å²) < 4.78 is 28.7. The highest BCUT2D eigenvalue weighted by molar-refractivity contribution is 7.89. The number of aryl methyl sites for hydroxylation is 1. The van der Waals surface area contributed by atoms with E-state index in [0.29, 0.717) is 18.7 Å². The molecule has 0 aliphatic carbocycles. The topological polar surface area (TPSA) is 96.3 Å². The summed E-state index contributed by atoms with van der Waals surface area (Å²) in [5.41, 5.74) is -0.883. The lowest BCUT2D eigenvalue weighted by Crippen LogP contribution is -2.58. The minimum Gasteiger partial charge on any atom is -0.357 e. The fourth-order valence-electron chi connectivity index (χ4n) is 3.22. The van der Waals surface area contributed by atoms with Crippen molar-refractivity contribution in [2.24, 2.45) is 7.05 Å². The van der Waals surface area contributed by atoms with Gasteiger partial charge in [-0.15, -0.1) is 0 Å². The van der Waals surface area contributed by atoms with Gasteiger partial charge in [-0.1, -0.05) is 18.2 Å². The number of rotatable bonds is 5. The zero-order valence-corrected chi connectivity index (χ0v) is 15.7. The van der Waals surface area contributed by atoms with Crippen LogP contribution in [0.4, 0.5) is 5.82 Å². The van der Waals surface area contributed by atoms with Gasteiger partial charge in [0.2, 0.25) is 15.9 Å². The molecule has 2 aromatic rings. The van der Waals surface area contributed by atoms with Gasteiger partial charge in [-0.3, -0.25) is 9.48 Å². The van der Waals surface area contributed by atoms with E-state index in [9.17, 15) is 13.2 Å². The third-order valence-corrected chi connectivity index (χ3v) is 6.61. The zero-order chi connectivity index (χ0) is 18.8. The average Bonchev–Trinajstić information content (AvgIpc) is 3.06. The zero-order valence-electron chi connectivity index (χ0n) is 14.8. The second-order valence-electron chi connectivity index (χ2n) is 6.38. The van der Waals surface area contributed by atoms with Gasteiger partial charge in [0.1, 0.15) is 11.4 Å². The molecule has 1 fully saturated rings. The van der Waals surface area contributed by atoms with Gasteiger partial charge in [-0.05, 0) is 25.0 Å². The van der Waals surface area contributed by atoms with Gasteiger partial charge in [0, 0.05) is 39.4 Å². The van der Waals surface area contributed by atoms with Crippen molar-refractivity contribution in [2.75, 3.05) is 25.5 Å². The number of hydrogen-bond acceptors (Lipinski definition) is 5. The first-order chi connectivity index (χ1) is 12.4. The monoisotopic (exact) mass is 377 g/mol. The number of aromatic nitrogens is 2. The van der Waals surface area contributed by atoms with Crippen molar-refractivity contribution in [1.82, 2.24) is 19.4 Å². The van der Waals surface area contributed by atoms with Crippen LogP contribution >= 0.6 is 0 Å². The maximum Gasteiger partial charge on any atom is 0.245 e. The molecule has 0 unspecified atom stereocenters. The number of benzene rings is 1. The Morgan fingerprint density at radius 1 is 1.15 bits per heavy atom. The molecule has 1 saturated heterocycles. The molecule has 2 heterocycles. The lowest BCUT2D eigenvalue weighted by Gasteiger charge is -2.40. The van der Waals surface area contributed by atoms with Crippen molar-refractivity contribution in [3.05, 3.63) is 42.6 Å². The summed E-state index contributed by atoms with van der Waals surface area (Å²) in [5.74, 6) is 0.426. The molecule has 0 bridgehead atoms. The van der Waals surface area contributed by atoms with Crippen LogP contribution in [0.15, 0.2) is 47.5 Å². The van der Waals surface area contributed by atoms with Gasteiger partial charge in [-0.25, -0.2) is 8.42 Å². The van der Waals surface area contributed by atoms with Crippen LogP contribution in [0.2, 0.25) is 0 Å². The minimum absolute atomic E-state index is 0.167. The van der Waals surface area contributed by atoms with E-state index < -0.39 is 15.6 Å². The van der Waals surface area contributed by atoms with Crippen LogP contribution in [0.3, 0.4) is 0 Å². The number of carbonyl (C=O) groups excluding carboxylic acids is 1. The molecular formula is C17H23N5O3S. The molecule has 2 N–H and O–H groups in total. The molecule has 8 nitrogen and oxygen atoms in total. The Labute approximate surface area is 153 Å². The Balaban J connectivity index is 1.79. The van der Waals surface area contributed by atoms with Crippen LogP contribution in [0.25, 0.3) is 0 Å². The summed E-state index contributed by atoms with van der Waals surface area (Å²) in [6.07, 6.45) is 2.50. The van der Waals surface area contributed by atoms with Crippen molar-refractivity contribution < 1.29 is 13.2 Å². The van der Waals surface area contributed by atoms with Crippen LogP contribution in [0.1, 0.15) is 12.8 Å². The molecule has 9 heteroatoms. The van der Waals surface area contributed by atoms with Gasteiger partial charge in [0.05, 0.1) is 4.90 Å². The van der Waals surface area contributed by atoms with E-state index in [2.05, 4.69) is 15.7 Å². The molecule has 3 rings (SSSR count). The van der Waals surface area contributed by atoms with Crippen molar-refractivity contribution in [1.29, 1.82) is 0 Å². The SMILES string of the molecule is CNC(=O)C1(Nc2ccn(C)n2)CCN(S(=O)(=O)c2ccccc2)CC1. The van der Waals surface area contributed by atoms with Crippen LogP contribution in [0.5, 0.6) is 0 Å². The van der Waals surface area contributed by atoms with Gasteiger partial charge in [-0.2, -0.15) is 9.40 Å². The highest BCUT2D eigenvalue weighted by atomic mass is 32.2. The molecule has 0 spiro atoms. The molecule has 1 aromatic heterocycles. The first-order valence-electron chi connectivity index (χ1n) is 8.43. The van der Waals surface area contributed by atoms with E-state index in [4.69, 9.17) is 0 Å². The summed E-state index contributed by atoms with van der Waals surface area (Å²) in [5, 5.41) is 10.2. The second kappa shape index (κ2) is 7.08. The van der Waals surface area contributed by atoms with Crippen molar-refractivity contribution >= 4 is 21.7 Å². The van der Waals surface area contributed by atoms with Crippen LogP contribution in [-0.2, 0) is 21.9 Å². The van der Waals surface area contributed by atoms with E-state index in [1.807, 2.05) is 0 Å². The second-order valence-corrected chi connectivity index (χ2v) is 8.32. The van der Waals surface area contributed by atoms with Crippen molar-refractivity contribution in [3.8, 4) is 0 Å². The quantitative estimate of drug-likeness (QED) is 0.804. The molecule has 1 amide bonds. The summed E-state index contributed by atoms with van der Waals surface area (Å²) >= 11 is 0. The fraction of sp³-hybridized carbons (Fsp3) is 0.412. The van der Waals surface area contributed by atoms with Crippen LogP contribution < -0.4 is 10.6 Å². The number of sulfonamides is 1. The minimum atomic E-state index is -3.56. The lowest BCUT2D eigenvalue weighted by atomic mass is 9.87. The Bertz CT molecular complexity index is 871. The maximum absolute atomic E-state index is 12.8. The molecule has 0 saturated carbocycles. The van der Waals surface area contributed by atoms with Gasteiger partial charge < -0.3 is 10.6 Å². The lowest BCUT2D eigenvalue weighted by molar-refractivity contribution is -0.126. The van der Waals surface area contributed by atoms with Crippen LogP contribution in [-0.4, -0.2) is 54.1 Å². The molecule has 0 radical (unpaired) electrons. The number of likely N-dealkylation sites (N-methyl/N-ethyl adjacent to an activating group) is 1. The third kappa shape index (κ3) is 3.45. The Kier molecular flexibility index (Phi) is 5.01. The molecule has 26 heavy (non-hydrogen) atoms. The Morgan fingerprint density at radius 2 is 1.81 bits per heavy atom. The highest BCUT2D eigenvalue weighted by Gasteiger charge is 2.44. The van der Waals surface area contributed by atoms with Crippen LogP contribution in [0, 0.1) is 0 Å². The number of carbonyl (C=O) groups is 1. The Morgan fingerprint density at radius 3 is 2.35 bits per heavy atom. The van der Waals surface area contributed by atoms with Crippen molar-refractivity contribution in [2.45, 2.75) is 23.3 Å². The maximum atomic E-state index is 12.8. The summed E-state index contributed by atoms with van der Waals surface area (Å²) in [7, 11) is -0.180. The molecule has 1 aliphatic rings. The average molecular weight is 377 g/mol. The molecular weight excluding hydrogens is 354 g/mol. The molecule has 0 atom stereocenters. The van der Waals surface area contributed by atoms with E-state index in [1.165, 1.54) is 4.31 Å². The first kappa shape index (κ1) is 18.4. The summed E-state index contributed by atoms with van der Waals surface area (Å²) in [6.45, 7) is 0.509. The van der Waals surface area contributed by atoms with Gasteiger partial charge >= 0.3 is 0 Å². The molecule has 1 aliphatic heterocycles. The standard InChI is InChI=1S/C17H23N5O3S/c1-18-16(23)17(19-15-8-11-21(2)20-15)9-12-22(13-10-17)26(24,25)14-6-4-3-5-7-14/h3-8,11H,9-10,12-13H2,1-2H3,(H,18,23)(H,19,20). The van der Waals surface area contributed by atoms with E-state index in [0.717, 1.165) is 0 Å². The summed E-state index contributed by atoms with van der Waals surface area (Å²) in [6, 6.07) is 10.1. The van der Waals surface area contributed by atoms with E-state index in [1.54, 1.807) is 61.4 Å². The number of piperidine rings is 1. The summed E-state index contributed by atoms with van der Waals surface area (Å²) in [4.78, 5) is 12.8. The number of amides is 1. The third-order valence-electron chi connectivity index (χ3n) is 4.70. The normalized spacial score (nSPS) is 17.6. The predicted octanol–water partition coefficient (Wildman–Crippen LogP) is 0.801. The number of nitrogens with one attached hydrogen (secondary N) is 2. The smallest absolute Gasteiger partial charge is 0.245 e. The first-order valence-corrected chi connectivity index (χ1v) is 9.87. The molecule has 1 aromatic carbocycles. The van der Waals surface area contributed by atoms with Gasteiger partial charge in [0.25, 0.3) is 0 Å². The van der Waals surface area contributed by atoms with Crippen molar-refractivity contribution in [3.63, 3.8) is 0 Å². The Hall–Kier alpha value is -2.39. The molecule has 140 valence electrons. The largest absolute Gasteiger partial charge is 0.357 e.